The number of hydrogen-bond acceptors (Lipinski definition) is 3. The highest BCUT2D eigenvalue weighted by molar-refractivity contribution is 5.39. The third-order valence-electron chi connectivity index (χ3n) is 2.44. The van der Waals surface area contributed by atoms with E-state index in [9.17, 15) is 0 Å². The summed E-state index contributed by atoms with van der Waals surface area (Å²) in [5, 5.41) is 8.66. The summed E-state index contributed by atoms with van der Waals surface area (Å²) in [6.45, 7) is 4.20. The Morgan fingerprint density at radius 2 is 2.11 bits per heavy atom. The van der Waals surface area contributed by atoms with Crippen molar-refractivity contribution in [3.8, 4) is 17.6 Å². The van der Waals surface area contributed by atoms with Gasteiger partial charge in [-0.2, -0.15) is 0 Å². The number of rotatable bonds is 8. The number of unbranched alkanes of at least 4 members (excludes halogenated alkanes) is 1. The Kier molecular flexibility index (Phi) is 8.54. The van der Waals surface area contributed by atoms with E-state index < -0.39 is 0 Å². The molecule has 3 nitrogen and oxygen atoms in total. The van der Waals surface area contributed by atoms with Gasteiger partial charge in [-0.15, -0.1) is 0 Å². The third-order valence-corrected chi connectivity index (χ3v) is 2.44. The van der Waals surface area contributed by atoms with E-state index in [1.807, 2.05) is 24.3 Å². The first-order valence-electron chi connectivity index (χ1n) is 6.77. The van der Waals surface area contributed by atoms with Crippen molar-refractivity contribution in [1.29, 1.82) is 0 Å². The van der Waals surface area contributed by atoms with Gasteiger partial charge in [-0.3, -0.25) is 0 Å². The van der Waals surface area contributed by atoms with Crippen LogP contribution in [-0.4, -0.2) is 31.5 Å². The van der Waals surface area contributed by atoms with Crippen molar-refractivity contribution in [1.82, 2.24) is 0 Å². The monoisotopic (exact) mass is 262 g/mol. The minimum absolute atomic E-state index is 0.0955. The van der Waals surface area contributed by atoms with Crippen LogP contribution >= 0.6 is 0 Å². The van der Waals surface area contributed by atoms with E-state index in [2.05, 4.69) is 18.8 Å². The second-order valence-corrected chi connectivity index (χ2v) is 4.12. The van der Waals surface area contributed by atoms with Gasteiger partial charge in [-0.05, 0) is 24.6 Å². The summed E-state index contributed by atoms with van der Waals surface area (Å²) in [5.41, 5.74) is 0.901. The molecular weight excluding hydrogens is 240 g/mol. The summed E-state index contributed by atoms with van der Waals surface area (Å²) >= 11 is 0. The van der Waals surface area contributed by atoms with E-state index >= 15 is 0 Å². The molecule has 0 aliphatic carbocycles. The lowest BCUT2D eigenvalue weighted by molar-refractivity contribution is 0.0980. The lowest BCUT2D eigenvalue weighted by Gasteiger charge is -2.07. The standard InChI is InChI=1S/C16H22O3/c1-2-3-11-18-12-13-19-16-9-6-8-15(14-16)7-4-5-10-17/h6,8-9,14,17H,2-3,5,10-13H2,1H3. The lowest BCUT2D eigenvalue weighted by atomic mass is 10.2. The molecule has 19 heavy (non-hydrogen) atoms. The molecule has 0 radical (unpaired) electrons. The second kappa shape index (κ2) is 10.4. The number of aliphatic hydroxyl groups is 1. The van der Waals surface area contributed by atoms with Gasteiger partial charge in [-0.25, -0.2) is 0 Å². The summed E-state index contributed by atoms with van der Waals surface area (Å²) in [4.78, 5) is 0. The van der Waals surface area contributed by atoms with Gasteiger partial charge in [-0.1, -0.05) is 31.3 Å². The van der Waals surface area contributed by atoms with Gasteiger partial charge in [0.25, 0.3) is 0 Å². The first-order chi connectivity index (χ1) is 9.36. The molecule has 104 valence electrons. The van der Waals surface area contributed by atoms with Crippen molar-refractivity contribution in [2.75, 3.05) is 26.4 Å². The van der Waals surface area contributed by atoms with Crippen LogP contribution in [0.1, 0.15) is 31.7 Å². The van der Waals surface area contributed by atoms with E-state index in [0.717, 1.165) is 30.8 Å². The Labute approximate surface area is 115 Å². The van der Waals surface area contributed by atoms with Crippen molar-refractivity contribution in [2.45, 2.75) is 26.2 Å². The van der Waals surface area contributed by atoms with E-state index in [1.54, 1.807) is 0 Å². The average Bonchev–Trinajstić information content (AvgIpc) is 2.43. The lowest BCUT2D eigenvalue weighted by Crippen LogP contribution is -2.07. The number of ether oxygens (including phenoxy) is 2. The summed E-state index contributed by atoms with van der Waals surface area (Å²) < 4.78 is 11.0. The maximum absolute atomic E-state index is 8.66. The SMILES string of the molecule is CCCCOCCOc1cccc(C#CCCO)c1. The summed E-state index contributed by atoms with van der Waals surface area (Å²) in [6, 6.07) is 7.64. The van der Waals surface area contributed by atoms with Crippen molar-refractivity contribution in [2.24, 2.45) is 0 Å². The minimum Gasteiger partial charge on any atom is -0.491 e. The van der Waals surface area contributed by atoms with Gasteiger partial charge in [0.2, 0.25) is 0 Å². The van der Waals surface area contributed by atoms with Gasteiger partial charge in [0.05, 0.1) is 13.2 Å². The van der Waals surface area contributed by atoms with Gasteiger partial charge < -0.3 is 14.6 Å². The maximum atomic E-state index is 8.66. The summed E-state index contributed by atoms with van der Waals surface area (Å²) in [5.74, 6) is 6.67. The highest BCUT2D eigenvalue weighted by atomic mass is 16.5. The van der Waals surface area contributed by atoms with Crippen LogP contribution in [0.5, 0.6) is 5.75 Å². The zero-order valence-electron chi connectivity index (χ0n) is 11.5. The van der Waals surface area contributed by atoms with Crippen LogP contribution in [0.4, 0.5) is 0 Å². The smallest absolute Gasteiger partial charge is 0.120 e. The average molecular weight is 262 g/mol. The molecule has 3 heteroatoms. The molecule has 0 aliphatic rings. The molecule has 0 aromatic heterocycles. The normalized spacial score (nSPS) is 9.79. The Morgan fingerprint density at radius 3 is 2.89 bits per heavy atom. The molecule has 0 amide bonds. The van der Waals surface area contributed by atoms with Gasteiger partial charge >= 0.3 is 0 Å². The summed E-state index contributed by atoms with van der Waals surface area (Å²) in [7, 11) is 0. The fraction of sp³-hybridized carbons (Fsp3) is 0.500. The Morgan fingerprint density at radius 1 is 1.21 bits per heavy atom. The zero-order chi connectivity index (χ0) is 13.8. The van der Waals surface area contributed by atoms with Crippen LogP contribution in [0, 0.1) is 11.8 Å². The fourth-order valence-electron chi connectivity index (χ4n) is 1.45. The van der Waals surface area contributed by atoms with Crippen molar-refractivity contribution < 1.29 is 14.6 Å². The Balaban J connectivity index is 2.30. The van der Waals surface area contributed by atoms with E-state index in [4.69, 9.17) is 14.6 Å². The van der Waals surface area contributed by atoms with Gasteiger partial charge in [0, 0.05) is 18.6 Å². The highest BCUT2D eigenvalue weighted by Gasteiger charge is 1.95. The number of benzene rings is 1. The van der Waals surface area contributed by atoms with E-state index in [1.165, 1.54) is 0 Å². The summed E-state index contributed by atoms with van der Waals surface area (Å²) in [6.07, 6.45) is 2.74. The highest BCUT2D eigenvalue weighted by Crippen LogP contribution is 2.12. The van der Waals surface area contributed by atoms with Crippen molar-refractivity contribution in [3.05, 3.63) is 29.8 Å². The molecule has 0 fully saturated rings. The molecule has 1 rings (SSSR count). The van der Waals surface area contributed by atoms with Crippen LogP contribution in [0.3, 0.4) is 0 Å². The van der Waals surface area contributed by atoms with E-state index in [0.29, 0.717) is 19.6 Å². The molecule has 1 aromatic carbocycles. The van der Waals surface area contributed by atoms with Crippen LogP contribution in [0.25, 0.3) is 0 Å². The molecule has 0 heterocycles. The Bertz CT molecular complexity index is 404. The zero-order valence-corrected chi connectivity index (χ0v) is 11.5. The second-order valence-electron chi connectivity index (χ2n) is 4.12. The van der Waals surface area contributed by atoms with Gasteiger partial charge in [0.15, 0.2) is 0 Å². The number of hydrogen-bond donors (Lipinski definition) is 1. The molecule has 0 saturated carbocycles. The molecule has 0 saturated heterocycles. The molecule has 1 aromatic rings. The predicted molar refractivity (Wildman–Crippen MR) is 76.2 cm³/mol. The molecule has 0 spiro atoms. The molecule has 1 N–H and O–H groups in total. The van der Waals surface area contributed by atoms with Crippen molar-refractivity contribution >= 4 is 0 Å². The van der Waals surface area contributed by atoms with Gasteiger partial charge in [0.1, 0.15) is 12.4 Å². The molecule has 0 bridgehead atoms. The molecule has 0 aliphatic heterocycles. The largest absolute Gasteiger partial charge is 0.491 e. The Hall–Kier alpha value is -1.50. The predicted octanol–water partition coefficient (Wildman–Crippen LogP) is 2.62. The molecule has 0 atom stereocenters. The fourth-order valence-corrected chi connectivity index (χ4v) is 1.45. The minimum atomic E-state index is 0.0955. The first-order valence-corrected chi connectivity index (χ1v) is 6.77. The topological polar surface area (TPSA) is 38.7 Å². The quantitative estimate of drug-likeness (QED) is 0.578. The molecule has 0 unspecified atom stereocenters. The van der Waals surface area contributed by atoms with Crippen LogP contribution in [-0.2, 0) is 4.74 Å². The van der Waals surface area contributed by atoms with Crippen LogP contribution in [0.15, 0.2) is 24.3 Å². The van der Waals surface area contributed by atoms with Crippen LogP contribution < -0.4 is 4.74 Å². The van der Waals surface area contributed by atoms with Crippen LogP contribution in [0.2, 0.25) is 0 Å². The molecular formula is C16H22O3. The first kappa shape index (κ1) is 15.6. The van der Waals surface area contributed by atoms with E-state index in [-0.39, 0.29) is 6.61 Å². The maximum Gasteiger partial charge on any atom is 0.120 e. The van der Waals surface area contributed by atoms with Crippen molar-refractivity contribution in [3.63, 3.8) is 0 Å². The number of aliphatic hydroxyl groups excluding tert-OH is 1. The third kappa shape index (κ3) is 7.50.